The Labute approximate surface area is 155 Å². The van der Waals surface area contributed by atoms with Gasteiger partial charge in [0.1, 0.15) is 5.82 Å². The summed E-state index contributed by atoms with van der Waals surface area (Å²) in [6.07, 6.45) is 2.99. The number of hydrazine groups is 1. The first-order valence-electron chi connectivity index (χ1n) is 7.65. The average Bonchev–Trinajstić information content (AvgIpc) is 2.65. The molecule has 0 atom stereocenters. The summed E-state index contributed by atoms with van der Waals surface area (Å²) in [6.45, 7) is -0.218. The fraction of sp³-hybridized carbons (Fsp3) is 0.0556. The molecule has 134 valence electrons. The molecule has 0 fully saturated rings. The summed E-state index contributed by atoms with van der Waals surface area (Å²) in [5.41, 5.74) is 6.27. The number of benzene rings is 2. The van der Waals surface area contributed by atoms with Crippen molar-refractivity contribution in [3.63, 3.8) is 0 Å². The van der Waals surface area contributed by atoms with Gasteiger partial charge in [-0.25, -0.2) is 4.39 Å². The van der Waals surface area contributed by atoms with Crippen LogP contribution < -0.4 is 21.5 Å². The Bertz CT molecular complexity index is 795. The van der Waals surface area contributed by atoms with Crippen molar-refractivity contribution < 1.29 is 14.0 Å². The van der Waals surface area contributed by atoms with E-state index >= 15 is 0 Å². The Morgan fingerprint density at radius 1 is 1.00 bits per heavy atom. The van der Waals surface area contributed by atoms with E-state index in [1.54, 1.807) is 6.08 Å². The van der Waals surface area contributed by atoms with Gasteiger partial charge in [0.2, 0.25) is 5.91 Å². The van der Waals surface area contributed by atoms with Gasteiger partial charge in [-0.1, -0.05) is 30.3 Å². The molecule has 0 aromatic heterocycles. The molecule has 0 saturated carbocycles. The molecule has 26 heavy (non-hydrogen) atoms. The van der Waals surface area contributed by atoms with E-state index in [0.29, 0.717) is 5.69 Å². The molecule has 8 heteroatoms. The van der Waals surface area contributed by atoms with Gasteiger partial charge in [-0.05, 0) is 48.1 Å². The third-order valence-corrected chi connectivity index (χ3v) is 3.27. The maximum absolute atomic E-state index is 12.8. The molecular weight excluding hydrogens is 355 g/mol. The summed E-state index contributed by atoms with van der Waals surface area (Å²) in [5.74, 6) is -1.23. The van der Waals surface area contributed by atoms with E-state index in [0.717, 1.165) is 5.56 Å². The predicted octanol–water partition coefficient (Wildman–Crippen LogP) is 1.97. The Morgan fingerprint density at radius 2 is 1.69 bits per heavy atom. The van der Waals surface area contributed by atoms with Crippen LogP contribution in [0.25, 0.3) is 6.08 Å². The van der Waals surface area contributed by atoms with Crippen molar-refractivity contribution in [2.75, 3.05) is 11.9 Å². The molecule has 0 spiro atoms. The maximum atomic E-state index is 12.8. The van der Waals surface area contributed by atoms with Crippen LogP contribution in [0.15, 0.2) is 60.7 Å². The minimum atomic E-state index is -0.477. The third-order valence-electron chi connectivity index (χ3n) is 3.07. The van der Waals surface area contributed by atoms with Crippen molar-refractivity contribution in [3.05, 3.63) is 72.1 Å². The van der Waals surface area contributed by atoms with Gasteiger partial charge in [0.15, 0.2) is 5.11 Å². The molecule has 0 aliphatic rings. The fourth-order valence-corrected chi connectivity index (χ4v) is 2.00. The molecule has 2 rings (SSSR count). The lowest BCUT2D eigenvalue weighted by molar-refractivity contribution is -0.124. The Hall–Kier alpha value is -3.26. The van der Waals surface area contributed by atoms with E-state index in [-0.39, 0.29) is 17.5 Å². The second kappa shape index (κ2) is 9.90. The number of thiocarbonyl (C=S) groups is 1. The molecule has 0 radical (unpaired) electrons. The summed E-state index contributed by atoms with van der Waals surface area (Å²) in [4.78, 5) is 23.3. The number of halogens is 1. The summed E-state index contributed by atoms with van der Waals surface area (Å²) >= 11 is 4.99. The number of anilines is 1. The van der Waals surface area contributed by atoms with Crippen LogP contribution in [0, 0.1) is 5.82 Å². The zero-order chi connectivity index (χ0) is 18.8. The van der Waals surface area contributed by atoms with E-state index in [9.17, 15) is 14.0 Å². The van der Waals surface area contributed by atoms with Crippen LogP contribution in [0.4, 0.5) is 10.1 Å². The highest BCUT2D eigenvalue weighted by molar-refractivity contribution is 7.80. The molecule has 0 bridgehead atoms. The highest BCUT2D eigenvalue weighted by Crippen LogP contribution is 2.07. The van der Waals surface area contributed by atoms with Gasteiger partial charge in [0.05, 0.1) is 6.54 Å². The monoisotopic (exact) mass is 372 g/mol. The van der Waals surface area contributed by atoms with Crippen LogP contribution in [-0.2, 0) is 9.59 Å². The second-order valence-corrected chi connectivity index (χ2v) is 5.50. The Balaban J connectivity index is 1.66. The van der Waals surface area contributed by atoms with Gasteiger partial charge >= 0.3 is 0 Å². The minimum absolute atomic E-state index is 0.125. The van der Waals surface area contributed by atoms with E-state index in [2.05, 4.69) is 21.5 Å². The topological polar surface area (TPSA) is 82.3 Å². The van der Waals surface area contributed by atoms with Gasteiger partial charge in [-0.3, -0.25) is 20.4 Å². The first-order chi connectivity index (χ1) is 12.5. The summed E-state index contributed by atoms with van der Waals surface area (Å²) in [5, 5.41) is 5.34. The normalized spacial score (nSPS) is 10.2. The largest absolute Gasteiger partial charge is 0.343 e. The molecule has 0 heterocycles. The summed E-state index contributed by atoms with van der Waals surface area (Å²) < 4.78 is 12.8. The molecule has 2 aromatic carbocycles. The van der Waals surface area contributed by atoms with Crippen molar-refractivity contribution in [3.8, 4) is 0 Å². The smallest absolute Gasteiger partial charge is 0.257 e. The van der Waals surface area contributed by atoms with Gasteiger partial charge in [0, 0.05) is 11.8 Å². The molecule has 2 aromatic rings. The number of amides is 2. The molecule has 6 nitrogen and oxygen atoms in total. The molecule has 2 amide bonds. The van der Waals surface area contributed by atoms with E-state index < -0.39 is 11.8 Å². The lowest BCUT2D eigenvalue weighted by Crippen LogP contribution is -2.47. The molecule has 4 N–H and O–H groups in total. The zero-order valence-corrected chi connectivity index (χ0v) is 14.5. The van der Waals surface area contributed by atoms with Crippen LogP contribution in [0.1, 0.15) is 5.56 Å². The van der Waals surface area contributed by atoms with Crippen molar-refractivity contribution >= 4 is 40.9 Å². The highest BCUT2D eigenvalue weighted by Gasteiger charge is 2.04. The van der Waals surface area contributed by atoms with Gasteiger partial charge in [0.25, 0.3) is 5.91 Å². The molecule has 0 unspecified atom stereocenters. The van der Waals surface area contributed by atoms with Crippen LogP contribution in [0.2, 0.25) is 0 Å². The lowest BCUT2D eigenvalue weighted by Gasteiger charge is -2.11. The standard InChI is InChI=1S/C18H17FN4O2S/c19-14-7-9-15(10-8-14)21-18(26)23-22-17(25)12-20-16(24)11-6-13-4-2-1-3-5-13/h1-11H,12H2,(H,20,24)(H,22,25)(H2,21,23,26)/b11-6+. The quantitative estimate of drug-likeness (QED) is 0.367. The van der Waals surface area contributed by atoms with Gasteiger partial charge in [-0.2, -0.15) is 0 Å². The van der Waals surface area contributed by atoms with Crippen molar-refractivity contribution in [2.24, 2.45) is 0 Å². The Kier molecular flexibility index (Phi) is 7.26. The fourth-order valence-electron chi connectivity index (χ4n) is 1.83. The lowest BCUT2D eigenvalue weighted by atomic mass is 10.2. The maximum Gasteiger partial charge on any atom is 0.257 e. The number of hydrogen-bond donors (Lipinski definition) is 4. The van der Waals surface area contributed by atoms with Crippen LogP contribution >= 0.6 is 12.2 Å². The van der Waals surface area contributed by atoms with Gasteiger partial charge in [-0.15, -0.1) is 0 Å². The number of carbonyl (C=O) groups is 2. The first-order valence-corrected chi connectivity index (χ1v) is 8.06. The summed E-state index contributed by atoms with van der Waals surface area (Å²) in [6, 6.07) is 14.9. The van der Waals surface area contributed by atoms with Gasteiger partial charge < -0.3 is 10.6 Å². The highest BCUT2D eigenvalue weighted by atomic mass is 32.1. The summed E-state index contributed by atoms with van der Waals surface area (Å²) in [7, 11) is 0. The molecule has 0 saturated heterocycles. The molecule has 0 aliphatic carbocycles. The first kappa shape index (κ1) is 19.1. The minimum Gasteiger partial charge on any atom is -0.343 e. The number of hydrogen-bond acceptors (Lipinski definition) is 3. The van der Waals surface area contributed by atoms with E-state index in [1.165, 1.54) is 30.3 Å². The molecule has 0 aliphatic heterocycles. The van der Waals surface area contributed by atoms with Crippen molar-refractivity contribution in [1.82, 2.24) is 16.2 Å². The molecular formula is C18H17FN4O2S. The van der Waals surface area contributed by atoms with Crippen LogP contribution in [0.5, 0.6) is 0 Å². The number of rotatable bonds is 5. The third kappa shape index (κ3) is 7.10. The van der Waals surface area contributed by atoms with E-state index in [4.69, 9.17) is 12.2 Å². The van der Waals surface area contributed by atoms with Crippen molar-refractivity contribution in [2.45, 2.75) is 0 Å². The van der Waals surface area contributed by atoms with Crippen LogP contribution in [-0.4, -0.2) is 23.5 Å². The SMILES string of the molecule is O=C(/C=C/c1ccccc1)NCC(=O)NNC(=S)Nc1ccc(F)cc1. The zero-order valence-electron chi connectivity index (χ0n) is 13.7. The number of nitrogens with one attached hydrogen (secondary N) is 4. The second-order valence-electron chi connectivity index (χ2n) is 5.10. The predicted molar refractivity (Wildman–Crippen MR) is 102 cm³/mol. The van der Waals surface area contributed by atoms with Crippen molar-refractivity contribution in [1.29, 1.82) is 0 Å². The van der Waals surface area contributed by atoms with Crippen LogP contribution in [0.3, 0.4) is 0 Å². The average molecular weight is 372 g/mol. The number of carbonyl (C=O) groups excluding carboxylic acids is 2. The van der Waals surface area contributed by atoms with E-state index in [1.807, 2.05) is 30.3 Å². The Morgan fingerprint density at radius 3 is 2.38 bits per heavy atom.